The normalized spacial score (nSPS) is 12.2. The zero-order valence-corrected chi connectivity index (χ0v) is 11.7. The summed E-state index contributed by atoms with van der Waals surface area (Å²) < 4.78 is 0. The molecule has 1 rings (SSSR count). The van der Waals surface area contributed by atoms with Crippen LogP contribution in [0.3, 0.4) is 0 Å². The molecule has 0 bridgehead atoms. The average molecular weight is 260 g/mol. The fourth-order valence-electron chi connectivity index (χ4n) is 1.96. The number of aliphatic carboxylic acids is 1. The van der Waals surface area contributed by atoms with E-state index in [-0.39, 0.29) is 12.6 Å². The van der Waals surface area contributed by atoms with E-state index in [1.165, 1.54) is 0 Å². The van der Waals surface area contributed by atoms with Crippen LogP contribution in [0.2, 0.25) is 0 Å². The molecule has 1 unspecified atom stereocenters. The van der Waals surface area contributed by atoms with Crippen molar-refractivity contribution in [2.24, 2.45) is 0 Å². The molecular weight excluding hydrogens is 240 g/mol. The number of aryl methyl sites for hydroxylation is 1. The number of hydrogen-bond donors (Lipinski definition) is 1. The smallest absolute Gasteiger partial charge is 0.317 e. The van der Waals surface area contributed by atoms with E-state index in [4.69, 9.17) is 10.4 Å². The second-order valence-corrected chi connectivity index (χ2v) is 4.81. The number of carbonyl (C=O) groups is 1. The highest BCUT2D eigenvalue weighted by atomic mass is 16.4. The zero-order valence-electron chi connectivity index (χ0n) is 11.7. The fourth-order valence-corrected chi connectivity index (χ4v) is 1.96. The van der Waals surface area contributed by atoms with Gasteiger partial charge in [0.1, 0.15) is 0 Å². The predicted molar refractivity (Wildman–Crippen MR) is 73.7 cm³/mol. The van der Waals surface area contributed by atoms with Gasteiger partial charge in [-0.15, -0.1) is 0 Å². The van der Waals surface area contributed by atoms with Crippen LogP contribution < -0.4 is 0 Å². The zero-order chi connectivity index (χ0) is 14.4. The number of carboxylic acid groups (broad SMARTS) is 1. The lowest BCUT2D eigenvalue weighted by atomic mass is 10.0. The molecule has 0 fully saturated rings. The van der Waals surface area contributed by atoms with Crippen molar-refractivity contribution in [3.8, 4) is 6.07 Å². The molecule has 0 radical (unpaired) electrons. The van der Waals surface area contributed by atoms with E-state index >= 15 is 0 Å². The summed E-state index contributed by atoms with van der Waals surface area (Å²) in [7, 11) is 0. The molecule has 0 aliphatic heterocycles. The minimum absolute atomic E-state index is 0.0362. The molecule has 1 aromatic rings. The van der Waals surface area contributed by atoms with Gasteiger partial charge in [-0.3, -0.25) is 9.69 Å². The average Bonchev–Trinajstić information content (AvgIpc) is 2.38. The molecule has 1 aromatic carbocycles. The lowest BCUT2D eigenvalue weighted by Gasteiger charge is -2.27. The first-order chi connectivity index (χ1) is 8.97. The van der Waals surface area contributed by atoms with Crippen LogP contribution in [0.25, 0.3) is 0 Å². The maximum Gasteiger partial charge on any atom is 0.317 e. The Balaban J connectivity index is 2.90. The standard InChI is InChI=1S/C15H20N2O2/c1-4-12(3)17(10-15(18)19)9-14-6-5-13(8-16)7-11(14)2/h5-7,12H,4,9-10H2,1-3H3,(H,18,19). The molecule has 1 N–H and O–H groups in total. The molecule has 1 atom stereocenters. The Kier molecular flexibility index (Phi) is 5.53. The molecule has 4 nitrogen and oxygen atoms in total. The van der Waals surface area contributed by atoms with Gasteiger partial charge in [-0.05, 0) is 43.5 Å². The van der Waals surface area contributed by atoms with Crippen LogP contribution in [0.15, 0.2) is 18.2 Å². The van der Waals surface area contributed by atoms with Gasteiger partial charge < -0.3 is 5.11 Å². The van der Waals surface area contributed by atoms with E-state index in [0.717, 1.165) is 17.5 Å². The quantitative estimate of drug-likeness (QED) is 0.853. The monoisotopic (exact) mass is 260 g/mol. The predicted octanol–water partition coefficient (Wildman–Crippen LogP) is 2.55. The minimum Gasteiger partial charge on any atom is -0.480 e. The molecule has 0 amide bonds. The van der Waals surface area contributed by atoms with Gasteiger partial charge in [0.05, 0.1) is 18.2 Å². The summed E-state index contributed by atoms with van der Waals surface area (Å²) in [5.74, 6) is -0.813. The lowest BCUT2D eigenvalue weighted by Crippen LogP contribution is -2.36. The maximum atomic E-state index is 10.9. The summed E-state index contributed by atoms with van der Waals surface area (Å²) >= 11 is 0. The number of nitriles is 1. The lowest BCUT2D eigenvalue weighted by molar-refractivity contribution is -0.139. The first-order valence-electron chi connectivity index (χ1n) is 6.43. The summed E-state index contributed by atoms with van der Waals surface area (Å²) in [5, 5.41) is 17.8. The van der Waals surface area contributed by atoms with Gasteiger partial charge >= 0.3 is 5.97 Å². The van der Waals surface area contributed by atoms with Crippen LogP contribution >= 0.6 is 0 Å². The molecule has 0 heterocycles. The van der Waals surface area contributed by atoms with Crippen LogP contribution in [0.4, 0.5) is 0 Å². The van der Waals surface area contributed by atoms with Crippen molar-refractivity contribution in [2.75, 3.05) is 6.54 Å². The summed E-state index contributed by atoms with van der Waals surface area (Å²) in [4.78, 5) is 12.9. The van der Waals surface area contributed by atoms with Crippen LogP contribution in [-0.4, -0.2) is 28.6 Å². The van der Waals surface area contributed by atoms with Crippen LogP contribution in [0.5, 0.6) is 0 Å². The van der Waals surface area contributed by atoms with Gasteiger partial charge in [-0.2, -0.15) is 5.26 Å². The summed E-state index contributed by atoms with van der Waals surface area (Å²) in [6, 6.07) is 7.84. The molecular formula is C15H20N2O2. The van der Waals surface area contributed by atoms with Crippen molar-refractivity contribution < 1.29 is 9.90 Å². The molecule has 0 saturated carbocycles. The van der Waals surface area contributed by atoms with Crippen molar-refractivity contribution in [1.82, 2.24) is 4.90 Å². The van der Waals surface area contributed by atoms with E-state index in [0.29, 0.717) is 12.1 Å². The van der Waals surface area contributed by atoms with Gasteiger partial charge in [0.2, 0.25) is 0 Å². The van der Waals surface area contributed by atoms with E-state index in [9.17, 15) is 4.79 Å². The Morgan fingerprint density at radius 3 is 2.68 bits per heavy atom. The van der Waals surface area contributed by atoms with E-state index < -0.39 is 5.97 Å². The first-order valence-corrected chi connectivity index (χ1v) is 6.43. The Bertz CT molecular complexity index is 491. The number of hydrogen-bond acceptors (Lipinski definition) is 3. The topological polar surface area (TPSA) is 64.3 Å². The molecule has 0 aliphatic rings. The van der Waals surface area contributed by atoms with Crippen LogP contribution in [-0.2, 0) is 11.3 Å². The molecule has 0 saturated heterocycles. The molecule has 0 aliphatic carbocycles. The number of benzene rings is 1. The third kappa shape index (κ3) is 4.38. The van der Waals surface area contributed by atoms with Gasteiger partial charge in [0.15, 0.2) is 0 Å². The molecule has 19 heavy (non-hydrogen) atoms. The molecule has 0 aromatic heterocycles. The Labute approximate surface area is 114 Å². The maximum absolute atomic E-state index is 10.9. The van der Waals surface area contributed by atoms with E-state index in [1.54, 1.807) is 6.07 Å². The third-order valence-corrected chi connectivity index (χ3v) is 3.40. The largest absolute Gasteiger partial charge is 0.480 e. The summed E-state index contributed by atoms with van der Waals surface area (Å²) in [6.07, 6.45) is 0.905. The van der Waals surface area contributed by atoms with E-state index in [1.807, 2.05) is 37.8 Å². The summed E-state index contributed by atoms with van der Waals surface area (Å²) in [5.41, 5.74) is 2.73. The SMILES string of the molecule is CCC(C)N(CC(=O)O)Cc1ccc(C#N)cc1C. The Morgan fingerprint density at radius 1 is 1.53 bits per heavy atom. The Morgan fingerprint density at radius 2 is 2.21 bits per heavy atom. The highest BCUT2D eigenvalue weighted by molar-refractivity contribution is 5.69. The minimum atomic E-state index is -0.813. The van der Waals surface area contributed by atoms with Crippen molar-refractivity contribution in [3.63, 3.8) is 0 Å². The van der Waals surface area contributed by atoms with Gasteiger partial charge in [-0.1, -0.05) is 13.0 Å². The number of nitrogens with zero attached hydrogens (tertiary/aromatic N) is 2. The van der Waals surface area contributed by atoms with Gasteiger partial charge in [0.25, 0.3) is 0 Å². The summed E-state index contributed by atoms with van der Waals surface area (Å²) in [6.45, 7) is 6.66. The second-order valence-electron chi connectivity index (χ2n) is 4.81. The van der Waals surface area contributed by atoms with Gasteiger partial charge in [0, 0.05) is 12.6 Å². The molecule has 0 spiro atoms. The van der Waals surface area contributed by atoms with Crippen molar-refractivity contribution in [3.05, 3.63) is 34.9 Å². The van der Waals surface area contributed by atoms with Gasteiger partial charge in [-0.25, -0.2) is 0 Å². The highest BCUT2D eigenvalue weighted by Gasteiger charge is 2.16. The van der Waals surface area contributed by atoms with Crippen LogP contribution in [0.1, 0.15) is 37.0 Å². The highest BCUT2D eigenvalue weighted by Crippen LogP contribution is 2.15. The first kappa shape index (κ1) is 15.2. The number of carboxylic acids is 1. The molecule has 4 heteroatoms. The fraction of sp³-hybridized carbons (Fsp3) is 0.467. The second kappa shape index (κ2) is 6.91. The van der Waals surface area contributed by atoms with Crippen LogP contribution in [0, 0.1) is 18.3 Å². The van der Waals surface area contributed by atoms with E-state index in [2.05, 4.69) is 6.07 Å². The number of rotatable bonds is 6. The molecule has 102 valence electrons. The van der Waals surface area contributed by atoms with Crippen molar-refractivity contribution >= 4 is 5.97 Å². The van der Waals surface area contributed by atoms with Crippen molar-refractivity contribution in [1.29, 1.82) is 5.26 Å². The third-order valence-electron chi connectivity index (χ3n) is 3.40. The Hall–Kier alpha value is -1.86. The van der Waals surface area contributed by atoms with Crippen molar-refractivity contribution in [2.45, 2.75) is 39.8 Å².